The summed E-state index contributed by atoms with van der Waals surface area (Å²) in [4.78, 5) is 2.17. The molecule has 3 aromatic rings. The van der Waals surface area contributed by atoms with Crippen LogP contribution in [0.15, 0.2) is 91.0 Å². The van der Waals surface area contributed by atoms with Crippen molar-refractivity contribution in [1.29, 1.82) is 0 Å². The average Bonchev–Trinajstić information content (AvgIpc) is 2.69. The first-order valence-electron chi connectivity index (χ1n) is 8.90. The lowest BCUT2D eigenvalue weighted by Gasteiger charge is -2.30. The molecule has 0 fully saturated rings. The Bertz CT molecular complexity index is 722. The van der Waals surface area contributed by atoms with E-state index in [9.17, 15) is 5.11 Å². The summed E-state index contributed by atoms with van der Waals surface area (Å²) in [6.07, 6.45) is -0.574. The molecule has 3 aromatic carbocycles. The fourth-order valence-corrected chi connectivity index (χ4v) is 3.17. The third kappa shape index (κ3) is 4.94. The smallest absolute Gasteiger partial charge is 0.119 e. The third-order valence-electron chi connectivity index (χ3n) is 4.36. The normalized spacial score (nSPS) is 12.3. The van der Waals surface area contributed by atoms with Crippen molar-refractivity contribution in [2.75, 3.05) is 20.2 Å². The van der Waals surface area contributed by atoms with E-state index in [0.29, 0.717) is 6.54 Å². The average molecular weight is 347 g/mol. The van der Waals surface area contributed by atoms with Gasteiger partial charge >= 0.3 is 0 Å². The number of ether oxygens (including phenoxy) is 1. The molecule has 0 radical (unpaired) electrons. The van der Waals surface area contributed by atoms with Gasteiger partial charge in [-0.25, -0.2) is 0 Å². The monoisotopic (exact) mass is 347 g/mol. The largest absolute Gasteiger partial charge is 0.491 e. The predicted octanol–water partition coefficient (Wildman–Crippen LogP) is 4.15. The van der Waals surface area contributed by atoms with Gasteiger partial charge in [-0.15, -0.1) is 0 Å². The molecule has 0 aliphatic rings. The molecule has 134 valence electrons. The number of aliphatic hydroxyl groups excluding tert-OH is 1. The lowest BCUT2D eigenvalue weighted by molar-refractivity contribution is 0.0681. The Labute approximate surface area is 155 Å². The van der Waals surface area contributed by atoms with Crippen LogP contribution in [0, 0.1) is 0 Å². The Kier molecular flexibility index (Phi) is 6.42. The second kappa shape index (κ2) is 9.18. The standard InChI is InChI=1S/C23H25NO2/c1-24(17-21(25)18-26-22-15-9-4-10-16-22)23(19-11-5-2-6-12-19)20-13-7-3-8-14-20/h2-16,21,23,25H,17-18H2,1H3. The number of benzene rings is 3. The van der Waals surface area contributed by atoms with E-state index < -0.39 is 6.10 Å². The molecular formula is C23H25NO2. The summed E-state index contributed by atoms with van der Waals surface area (Å²) in [6.45, 7) is 0.784. The van der Waals surface area contributed by atoms with Gasteiger partial charge in [0.05, 0.1) is 6.04 Å². The Morgan fingerprint density at radius 3 is 1.73 bits per heavy atom. The molecule has 0 aliphatic heterocycles. The number of para-hydroxylation sites is 1. The second-order valence-electron chi connectivity index (χ2n) is 6.44. The van der Waals surface area contributed by atoms with Crippen LogP contribution in [0.1, 0.15) is 17.2 Å². The number of hydrogen-bond donors (Lipinski definition) is 1. The maximum absolute atomic E-state index is 10.5. The summed E-state index contributed by atoms with van der Waals surface area (Å²) in [6, 6.07) is 30.4. The highest BCUT2D eigenvalue weighted by Crippen LogP contribution is 2.27. The molecule has 0 saturated carbocycles. The number of likely N-dealkylation sites (N-methyl/N-ethyl adjacent to an activating group) is 1. The van der Waals surface area contributed by atoms with E-state index in [0.717, 1.165) is 5.75 Å². The van der Waals surface area contributed by atoms with E-state index in [1.54, 1.807) is 0 Å². The van der Waals surface area contributed by atoms with Crippen molar-refractivity contribution in [3.63, 3.8) is 0 Å². The molecule has 1 atom stereocenters. The molecule has 3 heteroatoms. The predicted molar refractivity (Wildman–Crippen MR) is 105 cm³/mol. The summed E-state index contributed by atoms with van der Waals surface area (Å²) in [7, 11) is 2.04. The van der Waals surface area contributed by atoms with Gasteiger partial charge < -0.3 is 9.84 Å². The maximum Gasteiger partial charge on any atom is 0.119 e. The molecule has 0 spiro atoms. The van der Waals surface area contributed by atoms with Crippen LogP contribution in [0.2, 0.25) is 0 Å². The summed E-state index contributed by atoms with van der Waals surface area (Å²) < 4.78 is 5.68. The van der Waals surface area contributed by atoms with E-state index in [2.05, 4.69) is 29.2 Å². The van der Waals surface area contributed by atoms with Gasteiger partial charge in [-0.1, -0.05) is 78.9 Å². The van der Waals surface area contributed by atoms with Crippen molar-refractivity contribution in [3.8, 4) is 5.75 Å². The summed E-state index contributed by atoms with van der Waals surface area (Å²) >= 11 is 0. The molecule has 0 aromatic heterocycles. The molecule has 0 heterocycles. The number of aliphatic hydroxyl groups is 1. The van der Waals surface area contributed by atoms with Gasteiger partial charge in [-0.3, -0.25) is 4.90 Å². The zero-order valence-corrected chi connectivity index (χ0v) is 15.0. The molecule has 0 amide bonds. The number of nitrogens with zero attached hydrogens (tertiary/aromatic N) is 1. The molecule has 0 aliphatic carbocycles. The molecule has 26 heavy (non-hydrogen) atoms. The van der Waals surface area contributed by atoms with Crippen LogP contribution < -0.4 is 4.74 Å². The Morgan fingerprint density at radius 2 is 1.23 bits per heavy atom. The van der Waals surface area contributed by atoms with Gasteiger partial charge in [0.15, 0.2) is 0 Å². The molecule has 0 saturated heterocycles. The second-order valence-corrected chi connectivity index (χ2v) is 6.44. The van der Waals surface area contributed by atoms with Crippen molar-refractivity contribution in [3.05, 3.63) is 102 Å². The SMILES string of the molecule is CN(CC(O)COc1ccccc1)C(c1ccccc1)c1ccccc1. The van der Waals surface area contributed by atoms with Gasteiger partial charge in [-0.2, -0.15) is 0 Å². The lowest BCUT2D eigenvalue weighted by atomic mass is 9.97. The highest BCUT2D eigenvalue weighted by Gasteiger charge is 2.21. The molecule has 1 unspecified atom stereocenters. The van der Waals surface area contributed by atoms with Crippen molar-refractivity contribution in [2.24, 2.45) is 0 Å². The zero-order chi connectivity index (χ0) is 18.2. The summed E-state index contributed by atoms with van der Waals surface area (Å²) in [5, 5.41) is 10.5. The van der Waals surface area contributed by atoms with Crippen LogP contribution in [0.4, 0.5) is 0 Å². The Hall–Kier alpha value is -2.62. The van der Waals surface area contributed by atoms with Gasteiger partial charge in [0, 0.05) is 6.54 Å². The minimum Gasteiger partial charge on any atom is -0.491 e. The van der Waals surface area contributed by atoms with Gasteiger partial charge in [0.25, 0.3) is 0 Å². The molecule has 0 bridgehead atoms. The zero-order valence-electron chi connectivity index (χ0n) is 15.0. The molecular weight excluding hydrogens is 322 g/mol. The molecule has 1 N–H and O–H groups in total. The van der Waals surface area contributed by atoms with Crippen molar-refractivity contribution >= 4 is 0 Å². The first-order valence-corrected chi connectivity index (χ1v) is 8.90. The van der Waals surface area contributed by atoms with Gasteiger partial charge in [0.1, 0.15) is 18.5 Å². The highest BCUT2D eigenvalue weighted by atomic mass is 16.5. The van der Waals surface area contributed by atoms with E-state index in [4.69, 9.17) is 4.74 Å². The fraction of sp³-hybridized carbons (Fsp3) is 0.217. The first kappa shape index (κ1) is 18.2. The first-order chi connectivity index (χ1) is 12.7. The fourth-order valence-electron chi connectivity index (χ4n) is 3.17. The van der Waals surface area contributed by atoms with Crippen LogP contribution in [0.25, 0.3) is 0 Å². The van der Waals surface area contributed by atoms with Crippen molar-refractivity contribution in [2.45, 2.75) is 12.1 Å². The molecule has 3 nitrogen and oxygen atoms in total. The summed E-state index contributed by atoms with van der Waals surface area (Å²) in [5.74, 6) is 0.775. The lowest BCUT2D eigenvalue weighted by Crippen LogP contribution is -2.36. The quantitative estimate of drug-likeness (QED) is 0.664. The number of rotatable bonds is 8. The Morgan fingerprint density at radius 1 is 0.769 bits per heavy atom. The van der Waals surface area contributed by atoms with Crippen LogP contribution in [0.3, 0.4) is 0 Å². The maximum atomic E-state index is 10.5. The number of hydrogen-bond acceptors (Lipinski definition) is 3. The van der Waals surface area contributed by atoms with Crippen LogP contribution in [-0.4, -0.2) is 36.3 Å². The van der Waals surface area contributed by atoms with Gasteiger partial charge in [-0.05, 0) is 30.3 Å². The van der Waals surface area contributed by atoms with Crippen LogP contribution >= 0.6 is 0 Å². The van der Waals surface area contributed by atoms with Crippen molar-refractivity contribution in [1.82, 2.24) is 4.90 Å². The van der Waals surface area contributed by atoms with E-state index in [1.807, 2.05) is 73.8 Å². The van der Waals surface area contributed by atoms with Gasteiger partial charge in [0.2, 0.25) is 0 Å². The minimum atomic E-state index is -0.574. The minimum absolute atomic E-state index is 0.0868. The topological polar surface area (TPSA) is 32.7 Å². The Balaban J connectivity index is 1.68. The van der Waals surface area contributed by atoms with E-state index in [1.165, 1.54) is 11.1 Å². The summed E-state index contributed by atoms with van der Waals surface area (Å²) in [5.41, 5.74) is 2.41. The third-order valence-corrected chi connectivity index (χ3v) is 4.36. The van der Waals surface area contributed by atoms with E-state index in [-0.39, 0.29) is 12.6 Å². The van der Waals surface area contributed by atoms with Crippen LogP contribution in [0.5, 0.6) is 5.75 Å². The van der Waals surface area contributed by atoms with E-state index >= 15 is 0 Å². The molecule has 3 rings (SSSR count). The van der Waals surface area contributed by atoms with Crippen molar-refractivity contribution < 1.29 is 9.84 Å². The highest BCUT2D eigenvalue weighted by molar-refractivity contribution is 5.31. The van der Waals surface area contributed by atoms with Crippen LogP contribution in [-0.2, 0) is 0 Å².